The molecule has 28 heavy (non-hydrogen) atoms. The fourth-order valence-corrected chi connectivity index (χ4v) is 3.39. The molecule has 1 aliphatic heterocycles. The van der Waals surface area contributed by atoms with Crippen molar-refractivity contribution >= 4 is 34.2 Å². The second-order valence-electron chi connectivity index (χ2n) is 6.24. The molecule has 0 unspecified atom stereocenters. The zero-order valence-electron chi connectivity index (χ0n) is 15.3. The molecule has 0 saturated heterocycles. The first-order valence-corrected chi connectivity index (χ1v) is 9.15. The molecular formula is C17H21N4O6S-. The molecular weight excluding hydrogens is 388 g/mol. The maximum Gasteiger partial charge on any atom is 0.326 e. The minimum Gasteiger partial charge on any atom is -0.755 e. The quantitative estimate of drug-likeness (QED) is 0.474. The molecule has 1 aliphatic rings. The van der Waals surface area contributed by atoms with Gasteiger partial charge in [0.1, 0.15) is 6.04 Å². The van der Waals surface area contributed by atoms with Crippen molar-refractivity contribution in [3.8, 4) is 0 Å². The van der Waals surface area contributed by atoms with Crippen molar-refractivity contribution in [3.63, 3.8) is 0 Å². The lowest BCUT2D eigenvalue weighted by molar-refractivity contribution is -0.140. The number of hydrogen-bond acceptors (Lipinski definition) is 8. The minimum absolute atomic E-state index is 0.201. The number of carbonyl (C=O) groups is 3. The van der Waals surface area contributed by atoms with Crippen LogP contribution >= 0.6 is 11.3 Å². The van der Waals surface area contributed by atoms with Crippen molar-refractivity contribution < 1.29 is 24.6 Å². The number of likely N-dealkylation sites (N-methyl/N-ethyl adjacent to an activating group) is 1. The van der Waals surface area contributed by atoms with Crippen LogP contribution in [-0.4, -0.2) is 52.8 Å². The van der Waals surface area contributed by atoms with E-state index in [0.29, 0.717) is 27.9 Å². The summed E-state index contributed by atoms with van der Waals surface area (Å²) in [6.07, 6.45) is 2.28. The Balaban J connectivity index is 1.99. The largest absolute Gasteiger partial charge is 0.755 e. The maximum atomic E-state index is 12.3. The van der Waals surface area contributed by atoms with E-state index in [2.05, 4.69) is 10.6 Å². The molecule has 1 amide bonds. The van der Waals surface area contributed by atoms with Crippen molar-refractivity contribution in [2.75, 3.05) is 18.5 Å². The summed E-state index contributed by atoms with van der Waals surface area (Å²) >= 11 is 1.16. The molecule has 0 bridgehead atoms. The first-order chi connectivity index (χ1) is 13.2. The lowest BCUT2D eigenvalue weighted by Gasteiger charge is -2.31. The van der Waals surface area contributed by atoms with E-state index in [1.54, 1.807) is 26.1 Å². The number of nitrogens with zero attached hydrogens (tertiary/aromatic N) is 2. The minimum atomic E-state index is -1.29. The van der Waals surface area contributed by atoms with Crippen molar-refractivity contribution in [1.29, 1.82) is 0 Å². The van der Waals surface area contributed by atoms with Crippen LogP contribution in [0.4, 0.5) is 5.00 Å². The Morgan fingerprint density at radius 1 is 1.32 bits per heavy atom. The highest BCUT2D eigenvalue weighted by molar-refractivity contribution is 7.18. The fraction of sp³-hybridized carbons (Fsp3) is 0.353. The summed E-state index contributed by atoms with van der Waals surface area (Å²) in [4.78, 5) is 36.3. The van der Waals surface area contributed by atoms with Crippen LogP contribution in [0, 0.1) is 5.21 Å². The fourth-order valence-electron chi connectivity index (χ4n) is 2.52. The summed E-state index contributed by atoms with van der Waals surface area (Å²) in [5.41, 5.74) is 1.41. The van der Waals surface area contributed by atoms with Crippen molar-refractivity contribution in [3.05, 3.63) is 46.0 Å². The van der Waals surface area contributed by atoms with Gasteiger partial charge in [0.25, 0.3) is 5.91 Å². The van der Waals surface area contributed by atoms with E-state index in [1.165, 1.54) is 12.4 Å². The van der Waals surface area contributed by atoms with Gasteiger partial charge in [-0.1, -0.05) is 0 Å². The smallest absolute Gasteiger partial charge is 0.326 e. The van der Waals surface area contributed by atoms with E-state index in [0.717, 1.165) is 16.3 Å². The van der Waals surface area contributed by atoms with Crippen LogP contribution in [0.3, 0.4) is 0 Å². The van der Waals surface area contributed by atoms with Crippen LogP contribution in [0.5, 0.6) is 0 Å². The lowest BCUT2D eigenvalue weighted by Crippen LogP contribution is -2.40. The molecule has 0 aromatic carbocycles. The third-order valence-electron chi connectivity index (χ3n) is 3.81. The van der Waals surface area contributed by atoms with Crippen LogP contribution in [-0.2, 0) is 9.59 Å². The SMILES string of the molecule is CC1=CN([O-])C=C(CN(C)c2ccc(C(=O)N[C@@H](CCC(=O)O)C(=O)O)s2)N1. The molecule has 2 rings (SSSR count). The third-order valence-corrected chi connectivity index (χ3v) is 5.01. The Hall–Kier alpha value is -3.05. The van der Waals surface area contributed by atoms with Crippen LogP contribution in [0.2, 0.25) is 0 Å². The van der Waals surface area contributed by atoms with Crippen molar-refractivity contribution in [1.82, 2.24) is 15.7 Å². The van der Waals surface area contributed by atoms with Gasteiger partial charge in [0, 0.05) is 31.6 Å². The number of hydrogen-bond donors (Lipinski definition) is 4. The van der Waals surface area contributed by atoms with Gasteiger partial charge in [-0.15, -0.1) is 11.3 Å². The van der Waals surface area contributed by atoms with Crippen molar-refractivity contribution in [2.24, 2.45) is 0 Å². The van der Waals surface area contributed by atoms with E-state index in [9.17, 15) is 19.6 Å². The summed E-state index contributed by atoms with van der Waals surface area (Å²) in [5.74, 6) is -3.00. The van der Waals surface area contributed by atoms with Gasteiger partial charge in [0.2, 0.25) is 0 Å². The number of allylic oxidation sites excluding steroid dienone is 1. The van der Waals surface area contributed by atoms with Crippen LogP contribution < -0.4 is 15.5 Å². The lowest BCUT2D eigenvalue weighted by atomic mass is 10.1. The summed E-state index contributed by atoms with van der Waals surface area (Å²) in [5, 5.41) is 36.2. The highest BCUT2D eigenvalue weighted by atomic mass is 32.1. The molecule has 0 spiro atoms. The molecule has 1 aromatic heterocycles. The van der Waals surface area contributed by atoms with Gasteiger partial charge in [0.05, 0.1) is 22.1 Å². The van der Waals surface area contributed by atoms with E-state index in [-0.39, 0.29) is 12.8 Å². The summed E-state index contributed by atoms with van der Waals surface area (Å²) in [6, 6.07) is 2.00. The predicted molar refractivity (Wildman–Crippen MR) is 104 cm³/mol. The topological polar surface area (TPSA) is 145 Å². The van der Waals surface area contributed by atoms with Crippen LogP contribution in [0.15, 0.2) is 35.9 Å². The zero-order valence-corrected chi connectivity index (χ0v) is 16.2. The summed E-state index contributed by atoms with van der Waals surface area (Å²) in [7, 11) is 1.80. The molecule has 4 N–H and O–H groups in total. The number of rotatable bonds is 9. The molecule has 11 heteroatoms. The monoisotopic (exact) mass is 409 g/mol. The number of aliphatic carboxylic acids is 2. The molecule has 0 radical (unpaired) electrons. The molecule has 0 aliphatic carbocycles. The number of carbonyl (C=O) groups excluding carboxylic acids is 1. The number of amides is 1. The Morgan fingerprint density at radius 3 is 2.64 bits per heavy atom. The van der Waals surface area contributed by atoms with Gasteiger partial charge in [-0.25, -0.2) is 4.79 Å². The standard InChI is InChI=1S/C17H21N4O6S/c1-10-7-21(27)9-11(18-10)8-20(2)14-5-4-13(28-14)16(24)19-12(17(25)26)3-6-15(22)23/h4-5,7,9,12,18H,3,6,8H2,1-2H3,(H,19,24)(H,22,23)(H,25,26)/q-1/t12-/m0/s1. The normalized spacial score (nSPS) is 14.5. The number of nitrogens with one attached hydrogen (secondary N) is 2. The maximum absolute atomic E-state index is 12.3. The number of thiophene rings is 1. The average Bonchev–Trinajstić information content (AvgIpc) is 3.07. The number of carboxylic acid groups (broad SMARTS) is 2. The molecule has 1 aromatic rings. The van der Waals surface area contributed by atoms with Gasteiger partial charge in [-0.2, -0.15) is 0 Å². The molecule has 0 saturated carbocycles. The molecule has 152 valence electrons. The Morgan fingerprint density at radius 2 is 2.04 bits per heavy atom. The predicted octanol–water partition coefficient (Wildman–Crippen LogP) is 1.34. The first kappa shape index (κ1) is 21.3. The zero-order chi connectivity index (χ0) is 20.8. The summed E-state index contributed by atoms with van der Waals surface area (Å²) < 4.78 is 0. The van der Waals surface area contributed by atoms with E-state index < -0.39 is 23.9 Å². The van der Waals surface area contributed by atoms with Gasteiger partial charge in [-0.05, 0) is 25.5 Å². The summed E-state index contributed by atoms with van der Waals surface area (Å²) in [6.45, 7) is 2.18. The number of carboxylic acids is 2. The highest BCUT2D eigenvalue weighted by Crippen LogP contribution is 2.26. The second-order valence-corrected chi connectivity index (χ2v) is 7.30. The van der Waals surface area contributed by atoms with E-state index in [1.807, 2.05) is 4.90 Å². The van der Waals surface area contributed by atoms with E-state index >= 15 is 0 Å². The van der Waals surface area contributed by atoms with Gasteiger partial charge in [0.15, 0.2) is 0 Å². The Bertz CT molecular complexity index is 818. The van der Waals surface area contributed by atoms with Crippen LogP contribution in [0.25, 0.3) is 0 Å². The molecule has 0 fully saturated rings. The average molecular weight is 409 g/mol. The van der Waals surface area contributed by atoms with Crippen LogP contribution in [0.1, 0.15) is 29.4 Å². The molecule has 10 nitrogen and oxygen atoms in total. The molecule has 2 heterocycles. The Labute approximate surface area is 165 Å². The third kappa shape index (κ3) is 5.99. The second kappa shape index (κ2) is 9.24. The number of hydroxylamine groups is 2. The van der Waals surface area contributed by atoms with E-state index in [4.69, 9.17) is 10.2 Å². The van der Waals surface area contributed by atoms with Crippen molar-refractivity contribution in [2.45, 2.75) is 25.8 Å². The number of anilines is 1. The Kier molecular flexibility index (Phi) is 7.01. The molecule has 1 atom stereocenters. The first-order valence-electron chi connectivity index (χ1n) is 8.33. The highest BCUT2D eigenvalue weighted by Gasteiger charge is 2.22. The van der Waals surface area contributed by atoms with Gasteiger partial charge >= 0.3 is 11.9 Å². The van der Waals surface area contributed by atoms with Gasteiger partial charge < -0.3 is 36.0 Å². The van der Waals surface area contributed by atoms with Gasteiger partial charge in [-0.3, -0.25) is 9.59 Å².